The molecule has 0 radical (unpaired) electrons. The second-order valence-corrected chi connectivity index (χ2v) is 6.04. The number of hydrogen-bond donors (Lipinski definition) is 2. The van der Waals surface area contributed by atoms with Gasteiger partial charge >= 0.3 is 0 Å². The van der Waals surface area contributed by atoms with E-state index in [9.17, 15) is 9.18 Å². The zero-order chi connectivity index (χ0) is 16.2. The van der Waals surface area contributed by atoms with Crippen LogP contribution in [0.1, 0.15) is 27.0 Å². The van der Waals surface area contributed by atoms with Crippen molar-refractivity contribution in [2.45, 2.75) is 19.4 Å². The Balaban J connectivity index is 1.84. The lowest BCUT2D eigenvalue weighted by molar-refractivity contribution is 0.112. The summed E-state index contributed by atoms with van der Waals surface area (Å²) in [6.45, 7) is 2.19. The number of aldehydes is 1. The zero-order valence-corrected chi connectivity index (χ0v) is 13.4. The van der Waals surface area contributed by atoms with Crippen LogP contribution in [0.15, 0.2) is 30.3 Å². The molecule has 23 heavy (non-hydrogen) atoms. The molecule has 0 unspecified atom stereocenters. The maximum atomic E-state index is 14.0. The normalized spacial score (nSPS) is 14.0. The van der Waals surface area contributed by atoms with Gasteiger partial charge in [0.1, 0.15) is 12.1 Å². The molecule has 0 spiro atoms. The van der Waals surface area contributed by atoms with Crippen LogP contribution in [0, 0.1) is 5.82 Å². The van der Waals surface area contributed by atoms with Crippen LogP contribution in [-0.2, 0) is 19.4 Å². The fourth-order valence-corrected chi connectivity index (χ4v) is 3.14. The minimum atomic E-state index is -0.387. The monoisotopic (exact) mass is 332 g/mol. The van der Waals surface area contributed by atoms with Gasteiger partial charge in [-0.2, -0.15) is 0 Å². The molecule has 1 aliphatic rings. The van der Waals surface area contributed by atoms with Crippen LogP contribution < -0.4 is 10.6 Å². The van der Waals surface area contributed by atoms with E-state index in [1.807, 2.05) is 6.07 Å². The van der Waals surface area contributed by atoms with Crippen LogP contribution in [0.25, 0.3) is 0 Å². The summed E-state index contributed by atoms with van der Waals surface area (Å²) in [6, 6.07) is 8.45. The molecule has 5 heteroatoms. The number of rotatable bonds is 4. The van der Waals surface area contributed by atoms with E-state index in [1.54, 1.807) is 12.1 Å². The maximum absolute atomic E-state index is 14.0. The van der Waals surface area contributed by atoms with Crippen molar-refractivity contribution in [1.82, 2.24) is 5.32 Å². The van der Waals surface area contributed by atoms with Crippen molar-refractivity contribution in [2.75, 3.05) is 18.4 Å². The van der Waals surface area contributed by atoms with E-state index in [-0.39, 0.29) is 5.82 Å². The van der Waals surface area contributed by atoms with Crippen molar-refractivity contribution in [2.24, 2.45) is 0 Å². The zero-order valence-electron chi connectivity index (χ0n) is 12.7. The summed E-state index contributed by atoms with van der Waals surface area (Å²) in [5, 5.41) is 7.30. The Morgan fingerprint density at radius 2 is 2.04 bits per heavy atom. The first-order chi connectivity index (χ1) is 11.2. The summed E-state index contributed by atoms with van der Waals surface area (Å²) in [5.74, 6) is -0.387. The molecular formula is C18H18ClFN2O. The summed E-state index contributed by atoms with van der Waals surface area (Å²) in [7, 11) is 0. The van der Waals surface area contributed by atoms with Gasteiger partial charge in [0, 0.05) is 17.7 Å². The van der Waals surface area contributed by atoms with Gasteiger partial charge in [0.15, 0.2) is 0 Å². The number of fused-ring (bicyclic) bond motifs is 1. The second kappa shape index (κ2) is 7.11. The van der Waals surface area contributed by atoms with Crippen LogP contribution in [0.5, 0.6) is 0 Å². The third kappa shape index (κ3) is 3.54. The molecule has 1 heterocycles. The molecule has 2 aromatic rings. The van der Waals surface area contributed by atoms with Gasteiger partial charge in [0.2, 0.25) is 0 Å². The summed E-state index contributed by atoms with van der Waals surface area (Å²) in [4.78, 5) is 10.7. The first-order valence-electron chi connectivity index (χ1n) is 7.67. The first kappa shape index (κ1) is 16.0. The van der Waals surface area contributed by atoms with E-state index in [2.05, 4.69) is 16.7 Å². The smallest absolute Gasteiger partial charge is 0.150 e. The highest BCUT2D eigenvalue weighted by molar-refractivity contribution is 6.33. The fourth-order valence-electron chi connectivity index (χ4n) is 2.90. The van der Waals surface area contributed by atoms with E-state index in [0.29, 0.717) is 29.0 Å². The molecule has 0 fully saturated rings. The van der Waals surface area contributed by atoms with Gasteiger partial charge in [-0.15, -0.1) is 0 Å². The van der Waals surface area contributed by atoms with Gasteiger partial charge in [0.05, 0.1) is 10.7 Å². The number of hydrogen-bond acceptors (Lipinski definition) is 3. The Hall–Kier alpha value is -1.91. The van der Waals surface area contributed by atoms with Gasteiger partial charge in [-0.3, -0.25) is 4.79 Å². The first-order valence-corrected chi connectivity index (χ1v) is 8.05. The van der Waals surface area contributed by atoms with Gasteiger partial charge in [0.25, 0.3) is 0 Å². The summed E-state index contributed by atoms with van der Waals surface area (Å²) < 4.78 is 14.0. The fraction of sp³-hybridized carbons (Fsp3) is 0.278. The number of carbonyl (C=O) groups excluding carboxylic acids is 1. The molecule has 0 aliphatic carbocycles. The van der Waals surface area contributed by atoms with Crippen molar-refractivity contribution in [1.29, 1.82) is 0 Å². The van der Waals surface area contributed by atoms with E-state index in [4.69, 9.17) is 11.6 Å². The van der Waals surface area contributed by atoms with Crippen LogP contribution in [0.4, 0.5) is 10.1 Å². The molecule has 0 amide bonds. The van der Waals surface area contributed by atoms with Crippen molar-refractivity contribution < 1.29 is 9.18 Å². The van der Waals surface area contributed by atoms with Crippen molar-refractivity contribution >= 4 is 23.6 Å². The third-order valence-electron chi connectivity index (χ3n) is 4.15. The number of carbonyl (C=O) groups is 1. The van der Waals surface area contributed by atoms with E-state index < -0.39 is 0 Å². The minimum Gasteiger partial charge on any atom is -0.379 e. The van der Waals surface area contributed by atoms with Gasteiger partial charge in [-0.25, -0.2) is 4.39 Å². The third-order valence-corrected chi connectivity index (χ3v) is 4.47. The highest BCUT2D eigenvalue weighted by Gasteiger charge is 2.15. The average Bonchev–Trinajstić information content (AvgIpc) is 2.80. The maximum Gasteiger partial charge on any atom is 0.150 e. The highest BCUT2D eigenvalue weighted by Crippen LogP contribution is 2.31. The lowest BCUT2D eigenvalue weighted by atomic mass is 10.0. The van der Waals surface area contributed by atoms with Gasteiger partial charge < -0.3 is 10.6 Å². The topological polar surface area (TPSA) is 41.1 Å². The number of benzene rings is 2. The molecule has 2 N–H and O–H groups in total. The molecule has 0 atom stereocenters. The molecule has 3 nitrogen and oxygen atoms in total. The van der Waals surface area contributed by atoms with Crippen LogP contribution in [-0.4, -0.2) is 19.4 Å². The molecular weight excluding hydrogens is 315 g/mol. The minimum absolute atomic E-state index is 0.328. The standard InChI is InChI=1S/C18H18ClFN2O/c19-16-4-3-13-5-7-21-8-6-15(13)18(16)22-10-14-2-1-12(11-23)9-17(14)20/h1-4,9,11,21-22H,5-8,10H2. The molecule has 0 aromatic heterocycles. The summed E-state index contributed by atoms with van der Waals surface area (Å²) in [6.07, 6.45) is 2.50. The predicted molar refractivity (Wildman–Crippen MR) is 90.8 cm³/mol. The molecule has 120 valence electrons. The SMILES string of the molecule is O=Cc1ccc(CNc2c(Cl)ccc3c2CCNCC3)c(F)c1. The lowest BCUT2D eigenvalue weighted by Crippen LogP contribution is -2.16. The van der Waals surface area contributed by atoms with Crippen LogP contribution in [0.3, 0.4) is 0 Å². The molecule has 0 saturated carbocycles. The molecule has 3 rings (SSSR count). The largest absolute Gasteiger partial charge is 0.379 e. The lowest BCUT2D eigenvalue weighted by Gasteiger charge is -2.16. The van der Waals surface area contributed by atoms with Crippen molar-refractivity contribution in [3.05, 3.63) is 63.4 Å². The number of halogens is 2. The van der Waals surface area contributed by atoms with Crippen LogP contribution in [0.2, 0.25) is 5.02 Å². The Labute approximate surface area is 139 Å². The van der Waals surface area contributed by atoms with Crippen molar-refractivity contribution in [3.63, 3.8) is 0 Å². The summed E-state index contributed by atoms with van der Waals surface area (Å²) in [5.41, 5.74) is 4.21. The molecule has 2 aromatic carbocycles. The van der Waals surface area contributed by atoms with Crippen LogP contribution >= 0.6 is 11.6 Å². The highest BCUT2D eigenvalue weighted by atomic mass is 35.5. The number of nitrogens with one attached hydrogen (secondary N) is 2. The molecule has 0 bridgehead atoms. The Morgan fingerprint density at radius 1 is 1.22 bits per heavy atom. The predicted octanol–water partition coefficient (Wildman–Crippen LogP) is 3.59. The van der Waals surface area contributed by atoms with E-state index >= 15 is 0 Å². The molecule has 0 saturated heterocycles. The average molecular weight is 333 g/mol. The quantitative estimate of drug-likeness (QED) is 0.841. The number of anilines is 1. The van der Waals surface area contributed by atoms with Crippen molar-refractivity contribution in [3.8, 4) is 0 Å². The van der Waals surface area contributed by atoms with Gasteiger partial charge in [-0.1, -0.05) is 29.8 Å². The van der Waals surface area contributed by atoms with E-state index in [1.165, 1.54) is 17.2 Å². The Bertz CT molecular complexity index is 733. The summed E-state index contributed by atoms with van der Waals surface area (Å²) >= 11 is 6.35. The molecule has 1 aliphatic heterocycles. The van der Waals surface area contributed by atoms with Gasteiger partial charge in [-0.05, 0) is 49.2 Å². The second-order valence-electron chi connectivity index (χ2n) is 5.63. The van der Waals surface area contributed by atoms with E-state index in [0.717, 1.165) is 31.6 Å². The Kier molecular flexibility index (Phi) is 4.94. The Morgan fingerprint density at radius 3 is 2.83 bits per heavy atom.